The first kappa shape index (κ1) is 36.2. The molecule has 2 aromatic heterocycles. The van der Waals surface area contributed by atoms with Crippen LogP contribution in [0.15, 0.2) is 224 Å². The van der Waals surface area contributed by atoms with Crippen molar-refractivity contribution in [3.8, 4) is 78.9 Å². The minimum Gasteiger partial charge on any atom is -0.457 e. The number of para-hydroxylation sites is 2. The average molecular weight is 816 g/mol. The largest absolute Gasteiger partial charge is 0.457 e. The molecule has 0 saturated carbocycles. The van der Waals surface area contributed by atoms with Crippen molar-refractivity contribution in [3.05, 3.63) is 247 Å². The van der Waals surface area contributed by atoms with Crippen LogP contribution in [-0.2, 0) is 5.41 Å². The maximum atomic E-state index is 6.68. The summed E-state index contributed by atoms with van der Waals surface area (Å²) in [5.74, 6) is 2.43. The van der Waals surface area contributed by atoms with Gasteiger partial charge >= 0.3 is 0 Å². The van der Waals surface area contributed by atoms with Crippen LogP contribution in [0.4, 0.5) is 0 Å². The normalized spacial score (nSPS) is 12.9. The number of aromatic nitrogens is 3. The highest BCUT2D eigenvalue weighted by Gasteiger charge is 2.51. The molecule has 13 rings (SSSR count). The van der Waals surface area contributed by atoms with E-state index in [-0.39, 0.29) is 0 Å². The molecular formula is C60H37N3O. The number of hydrogen-bond acceptors (Lipinski definition) is 4. The molecule has 1 aliphatic heterocycles. The summed E-state index contributed by atoms with van der Waals surface area (Å²) in [7, 11) is 0. The first-order valence-corrected chi connectivity index (χ1v) is 21.8. The van der Waals surface area contributed by atoms with Crippen LogP contribution in [0.2, 0.25) is 0 Å². The molecule has 2 aliphatic rings. The Morgan fingerprint density at radius 1 is 0.344 bits per heavy atom. The van der Waals surface area contributed by atoms with E-state index in [2.05, 4.69) is 200 Å². The maximum Gasteiger partial charge on any atom is 0.160 e. The Morgan fingerprint density at radius 3 is 1.56 bits per heavy atom. The molecular weight excluding hydrogens is 779 g/mol. The molecule has 0 unspecified atom stereocenters. The van der Waals surface area contributed by atoms with Gasteiger partial charge in [0.05, 0.1) is 28.0 Å². The zero-order valence-corrected chi connectivity index (χ0v) is 34.6. The standard InChI is InChI=1S/C60H37N3O/c1-4-16-38(17-5-1)39-28-30-40(31-29-39)52-37-53(63-59(62-52)42-20-8-3-9-21-42)43-32-35-51-46(36-43)56-45(58(61-51)41-18-6-2-7-19-41)33-34-50-57(56)44-22-10-11-23-47(44)60(50)48-24-12-14-26-54(48)64-55-27-15-13-25-49(55)60/h1-37H. The minimum absolute atomic E-state index is 0.603. The van der Waals surface area contributed by atoms with Gasteiger partial charge < -0.3 is 4.74 Å². The van der Waals surface area contributed by atoms with E-state index in [0.29, 0.717) is 5.82 Å². The molecule has 0 bridgehead atoms. The Morgan fingerprint density at radius 2 is 0.875 bits per heavy atom. The van der Waals surface area contributed by atoms with Crippen molar-refractivity contribution in [2.24, 2.45) is 0 Å². The summed E-state index contributed by atoms with van der Waals surface area (Å²) in [4.78, 5) is 16.0. The highest BCUT2D eigenvalue weighted by Crippen LogP contribution is 2.63. The zero-order chi connectivity index (χ0) is 42.2. The monoisotopic (exact) mass is 815 g/mol. The lowest BCUT2D eigenvalue weighted by molar-refractivity contribution is 0.436. The predicted molar refractivity (Wildman–Crippen MR) is 259 cm³/mol. The van der Waals surface area contributed by atoms with Gasteiger partial charge in [-0.05, 0) is 63.7 Å². The number of benzene rings is 9. The van der Waals surface area contributed by atoms with Crippen molar-refractivity contribution in [2.45, 2.75) is 5.41 Å². The Hall–Kier alpha value is -8.47. The smallest absolute Gasteiger partial charge is 0.160 e. The first-order valence-electron chi connectivity index (χ1n) is 21.8. The van der Waals surface area contributed by atoms with Gasteiger partial charge in [-0.25, -0.2) is 15.0 Å². The molecule has 0 radical (unpaired) electrons. The van der Waals surface area contributed by atoms with Crippen LogP contribution < -0.4 is 4.74 Å². The zero-order valence-electron chi connectivity index (χ0n) is 34.6. The molecule has 0 fully saturated rings. The van der Waals surface area contributed by atoms with Crippen molar-refractivity contribution >= 4 is 21.7 Å². The second-order valence-corrected chi connectivity index (χ2v) is 16.6. The molecule has 0 N–H and O–H groups in total. The highest BCUT2D eigenvalue weighted by molar-refractivity contribution is 6.20. The summed E-state index contributed by atoms with van der Waals surface area (Å²) in [6, 6.07) is 79.5. The van der Waals surface area contributed by atoms with E-state index < -0.39 is 5.41 Å². The fraction of sp³-hybridized carbons (Fsp3) is 0.0167. The third-order valence-corrected chi connectivity index (χ3v) is 13.2. The number of ether oxygens (including phenoxy) is 1. The van der Waals surface area contributed by atoms with E-state index in [1.807, 2.05) is 24.3 Å². The van der Waals surface area contributed by atoms with Gasteiger partial charge in [-0.1, -0.05) is 194 Å². The molecule has 298 valence electrons. The fourth-order valence-electron chi connectivity index (χ4n) is 10.3. The molecule has 11 aromatic rings. The highest BCUT2D eigenvalue weighted by atomic mass is 16.5. The lowest BCUT2D eigenvalue weighted by atomic mass is 9.66. The van der Waals surface area contributed by atoms with Crippen molar-refractivity contribution in [1.29, 1.82) is 0 Å². The van der Waals surface area contributed by atoms with Crippen molar-refractivity contribution in [3.63, 3.8) is 0 Å². The van der Waals surface area contributed by atoms with Gasteiger partial charge in [0.25, 0.3) is 0 Å². The minimum atomic E-state index is -0.603. The maximum absolute atomic E-state index is 6.68. The first-order chi connectivity index (χ1) is 31.7. The van der Waals surface area contributed by atoms with E-state index in [4.69, 9.17) is 19.7 Å². The third kappa shape index (κ3) is 5.46. The number of nitrogens with zero attached hydrogens (tertiary/aromatic N) is 3. The average Bonchev–Trinajstić information content (AvgIpc) is 3.67. The van der Waals surface area contributed by atoms with Crippen LogP contribution in [0, 0.1) is 0 Å². The quantitative estimate of drug-likeness (QED) is 0.162. The third-order valence-electron chi connectivity index (χ3n) is 13.2. The van der Waals surface area contributed by atoms with Gasteiger partial charge in [0.15, 0.2) is 5.82 Å². The Balaban J connectivity index is 1.09. The molecule has 0 saturated heterocycles. The van der Waals surface area contributed by atoms with Gasteiger partial charge in [-0.15, -0.1) is 0 Å². The van der Waals surface area contributed by atoms with E-state index >= 15 is 0 Å². The fourth-order valence-corrected chi connectivity index (χ4v) is 10.3. The Bertz CT molecular complexity index is 3580. The summed E-state index contributed by atoms with van der Waals surface area (Å²) in [6.45, 7) is 0. The molecule has 0 amide bonds. The molecule has 64 heavy (non-hydrogen) atoms. The summed E-state index contributed by atoms with van der Waals surface area (Å²) >= 11 is 0. The van der Waals surface area contributed by atoms with E-state index in [1.165, 1.54) is 33.2 Å². The molecule has 4 heteroatoms. The predicted octanol–water partition coefficient (Wildman–Crippen LogP) is 15.0. The molecule has 0 atom stereocenters. The van der Waals surface area contributed by atoms with Crippen LogP contribution in [0.25, 0.3) is 89.1 Å². The second kappa shape index (κ2) is 14.3. The van der Waals surface area contributed by atoms with Crippen LogP contribution in [-0.4, -0.2) is 15.0 Å². The summed E-state index contributed by atoms with van der Waals surface area (Å²) < 4.78 is 6.68. The lowest BCUT2D eigenvalue weighted by Gasteiger charge is -2.39. The van der Waals surface area contributed by atoms with E-state index in [0.717, 1.165) is 83.8 Å². The molecule has 4 nitrogen and oxygen atoms in total. The number of pyridine rings is 1. The number of rotatable bonds is 5. The summed E-state index contributed by atoms with van der Waals surface area (Å²) in [5, 5.41) is 3.34. The van der Waals surface area contributed by atoms with Crippen LogP contribution >= 0.6 is 0 Å². The molecule has 1 spiro atoms. The van der Waals surface area contributed by atoms with Gasteiger partial charge in [0.2, 0.25) is 0 Å². The van der Waals surface area contributed by atoms with E-state index in [9.17, 15) is 0 Å². The number of fused-ring (bicyclic) bond motifs is 13. The second-order valence-electron chi connectivity index (χ2n) is 16.6. The van der Waals surface area contributed by atoms with Crippen molar-refractivity contribution in [1.82, 2.24) is 15.0 Å². The lowest BCUT2D eigenvalue weighted by Crippen LogP contribution is -2.32. The molecule has 1 aliphatic carbocycles. The van der Waals surface area contributed by atoms with Crippen LogP contribution in [0.5, 0.6) is 11.5 Å². The van der Waals surface area contributed by atoms with Gasteiger partial charge in [-0.3, -0.25) is 0 Å². The summed E-state index contributed by atoms with van der Waals surface area (Å²) in [6.07, 6.45) is 0. The Labute approximate surface area is 370 Å². The van der Waals surface area contributed by atoms with Gasteiger partial charge in [0.1, 0.15) is 11.5 Å². The summed E-state index contributed by atoms with van der Waals surface area (Å²) in [5.41, 5.74) is 16.6. The van der Waals surface area contributed by atoms with Gasteiger partial charge in [0, 0.05) is 49.5 Å². The Kier molecular flexibility index (Phi) is 8.09. The van der Waals surface area contributed by atoms with Crippen molar-refractivity contribution in [2.75, 3.05) is 0 Å². The topological polar surface area (TPSA) is 47.9 Å². The van der Waals surface area contributed by atoms with Crippen molar-refractivity contribution < 1.29 is 4.74 Å². The number of hydrogen-bond donors (Lipinski definition) is 0. The molecule has 3 heterocycles. The van der Waals surface area contributed by atoms with E-state index in [1.54, 1.807) is 0 Å². The van der Waals surface area contributed by atoms with Crippen LogP contribution in [0.1, 0.15) is 22.3 Å². The SMILES string of the molecule is c1ccc(-c2ccc(-c3cc(-c4ccc5nc(-c6ccccc6)c6ccc7c(c6c5c4)-c4ccccc4C74c5ccccc5Oc5ccccc54)nc(-c4ccccc4)n3)cc2)cc1. The van der Waals surface area contributed by atoms with Crippen LogP contribution in [0.3, 0.4) is 0 Å². The van der Waals surface area contributed by atoms with Gasteiger partial charge in [-0.2, -0.15) is 0 Å². The molecule has 9 aromatic carbocycles.